The van der Waals surface area contributed by atoms with Crippen molar-refractivity contribution in [3.05, 3.63) is 42.4 Å². The lowest BCUT2D eigenvalue weighted by molar-refractivity contribution is 0.0520. The second-order valence-corrected chi connectivity index (χ2v) is 8.03. The zero-order valence-electron chi connectivity index (χ0n) is 18.1. The van der Waals surface area contributed by atoms with E-state index in [0.717, 1.165) is 0 Å². The number of nitrogens with one attached hydrogen (secondary N) is 2. The van der Waals surface area contributed by atoms with Crippen LogP contribution in [-0.4, -0.2) is 49.4 Å². The van der Waals surface area contributed by atoms with Gasteiger partial charge in [0.1, 0.15) is 35.4 Å². The molecular formula is C21H23FN6O4. The van der Waals surface area contributed by atoms with Gasteiger partial charge in [0.05, 0.1) is 24.3 Å². The first-order chi connectivity index (χ1) is 15.2. The standard InChI is InChI=1S/C21H23FN6O4/c1-12-15(30-8-7-24-20(29)32-21(2,3)4)10-28-17(12)19(26-11-27-28)31-14-9-25-18-13(16(14)22)5-6-23-18/h5-6,9-11H,7-8H2,1-4H3,(H,23,25)(H,24,29). The average Bonchev–Trinajstić information content (AvgIpc) is 3.32. The number of carbonyl (C=O) groups excluding carboxylic acids is 1. The number of aromatic nitrogens is 5. The minimum Gasteiger partial charge on any atom is -0.490 e. The normalized spacial score (nSPS) is 11.7. The lowest BCUT2D eigenvalue weighted by Gasteiger charge is -2.19. The zero-order chi connectivity index (χ0) is 22.9. The largest absolute Gasteiger partial charge is 0.490 e. The predicted octanol–water partition coefficient (Wildman–Crippen LogP) is 3.75. The molecule has 2 N–H and O–H groups in total. The third kappa shape index (κ3) is 4.41. The highest BCUT2D eigenvalue weighted by Gasteiger charge is 2.19. The van der Waals surface area contributed by atoms with Crippen LogP contribution in [0.3, 0.4) is 0 Å². The highest BCUT2D eigenvalue weighted by Crippen LogP contribution is 2.33. The van der Waals surface area contributed by atoms with Crippen molar-refractivity contribution < 1.29 is 23.4 Å². The number of amides is 1. The fourth-order valence-electron chi connectivity index (χ4n) is 3.09. The van der Waals surface area contributed by atoms with E-state index in [-0.39, 0.29) is 24.8 Å². The molecule has 0 aliphatic carbocycles. The minimum atomic E-state index is -0.572. The zero-order valence-corrected chi connectivity index (χ0v) is 18.1. The molecule has 32 heavy (non-hydrogen) atoms. The topological polar surface area (TPSA) is 116 Å². The SMILES string of the molecule is Cc1c(OCCNC(=O)OC(C)(C)C)cn2ncnc(Oc3cnc4[nH]ccc4c3F)c12. The summed E-state index contributed by atoms with van der Waals surface area (Å²) in [5, 5.41) is 7.12. The van der Waals surface area contributed by atoms with Gasteiger partial charge >= 0.3 is 6.09 Å². The second-order valence-electron chi connectivity index (χ2n) is 8.03. The molecular weight excluding hydrogens is 419 g/mol. The number of alkyl carbamates (subject to hydrolysis) is 1. The van der Waals surface area contributed by atoms with Crippen molar-refractivity contribution >= 4 is 22.6 Å². The maximum atomic E-state index is 14.8. The first kappa shape index (κ1) is 21.3. The van der Waals surface area contributed by atoms with Gasteiger partial charge in [-0.2, -0.15) is 10.1 Å². The summed E-state index contributed by atoms with van der Waals surface area (Å²) in [5.74, 6) is 0.0973. The van der Waals surface area contributed by atoms with Crippen LogP contribution >= 0.6 is 0 Å². The molecule has 0 saturated carbocycles. The first-order valence-corrected chi connectivity index (χ1v) is 9.95. The maximum Gasteiger partial charge on any atom is 0.407 e. The fraction of sp³-hybridized carbons (Fsp3) is 0.333. The molecule has 4 aromatic rings. The van der Waals surface area contributed by atoms with Crippen LogP contribution < -0.4 is 14.8 Å². The summed E-state index contributed by atoms with van der Waals surface area (Å²) in [5.41, 5.74) is 1.08. The lowest BCUT2D eigenvalue weighted by atomic mass is 10.2. The minimum absolute atomic E-state index is 0.0534. The van der Waals surface area contributed by atoms with Gasteiger partial charge in [-0.25, -0.2) is 18.7 Å². The summed E-state index contributed by atoms with van der Waals surface area (Å²) in [6.07, 6.45) is 5.35. The molecule has 4 heterocycles. The number of aromatic amines is 1. The molecule has 4 rings (SSSR count). The van der Waals surface area contributed by atoms with Crippen molar-refractivity contribution in [1.82, 2.24) is 29.9 Å². The number of hydrogen-bond donors (Lipinski definition) is 2. The van der Waals surface area contributed by atoms with Crippen molar-refractivity contribution in [2.45, 2.75) is 33.3 Å². The monoisotopic (exact) mass is 442 g/mol. The molecule has 0 spiro atoms. The quantitative estimate of drug-likeness (QED) is 0.437. The average molecular weight is 442 g/mol. The van der Waals surface area contributed by atoms with Crippen molar-refractivity contribution in [2.24, 2.45) is 0 Å². The number of halogens is 1. The van der Waals surface area contributed by atoms with E-state index in [1.54, 1.807) is 39.2 Å². The van der Waals surface area contributed by atoms with Gasteiger partial charge in [-0.05, 0) is 33.8 Å². The smallest absolute Gasteiger partial charge is 0.407 e. The molecule has 11 heteroatoms. The molecule has 0 unspecified atom stereocenters. The van der Waals surface area contributed by atoms with Gasteiger partial charge in [0.15, 0.2) is 11.6 Å². The number of aryl methyl sites for hydroxylation is 1. The number of H-pyrrole nitrogens is 1. The molecule has 0 radical (unpaired) electrons. The third-order valence-electron chi connectivity index (χ3n) is 4.47. The van der Waals surface area contributed by atoms with E-state index in [9.17, 15) is 9.18 Å². The van der Waals surface area contributed by atoms with Crippen LogP contribution in [-0.2, 0) is 4.74 Å². The van der Waals surface area contributed by atoms with E-state index >= 15 is 0 Å². The molecule has 0 aliphatic heterocycles. The van der Waals surface area contributed by atoms with Crippen LogP contribution in [0.25, 0.3) is 16.6 Å². The van der Waals surface area contributed by atoms with Gasteiger partial charge in [0.25, 0.3) is 0 Å². The highest BCUT2D eigenvalue weighted by molar-refractivity contribution is 5.78. The Bertz CT molecular complexity index is 1280. The molecule has 4 aromatic heterocycles. The number of hydrogen-bond acceptors (Lipinski definition) is 7. The Hall–Kier alpha value is -3.89. The van der Waals surface area contributed by atoms with Crippen LogP contribution in [0.1, 0.15) is 26.3 Å². The van der Waals surface area contributed by atoms with Crippen LogP contribution in [0.5, 0.6) is 17.4 Å². The van der Waals surface area contributed by atoms with Crippen LogP contribution in [0, 0.1) is 12.7 Å². The Kier molecular flexibility index (Phi) is 5.56. The van der Waals surface area contributed by atoms with Crippen LogP contribution in [0.4, 0.5) is 9.18 Å². The number of carbonyl (C=O) groups is 1. The summed E-state index contributed by atoms with van der Waals surface area (Å²) in [4.78, 5) is 22.9. The Morgan fingerprint density at radius 1 is 1.28 bits per heavy atom. The molecule has 0 saturated heterocycles. The Balaban J connectivity index is 1.49. The molecule has 0 bridgehead atoms. The molecule has 0 aromatic carbocycles. The van der Waals surface area contributed by atoms with E-state index < -0.39 is 17.5 Å². The molecule has 168 valence electrons. The van der Waals surface area contributed by atoms with Gasteiger partial charge in [-0.15, -0.1) is 0 Å². The molecule has 10 nitrogen and oxygen atoms in total. The molecule has 0 aliphatic rings. The van der Waals surface area contributed by atoms with Gasteiger partial charge in [0, 0.05) is 11.8 Å². The number of rotatable bonds is 6. The third-order valence-corrected chi connectivity index (χ3v) is 4.47. The predicted molar refractivity (Wildman–Crippen MR) is 114 cm³/mol. The fourth-order valence-corrected chi connectivity index (χ4v) is 3.09. The van der Waals surface area contributed by atoms with E-state index in [2.05, 4.69) is 25.4 Å². The molecule has 0 fully saturated rings. The van der Waals surface area contributed by atoms with Crippen molar-refractivity contribution in [3.8, 4) is 17.4 Å². The maximum absolute atomic E-state index is 14.8. The van der Waals surface area contributed by atoms with Gasteiger partial charge < -0.3 is 24.5 Å². The van der Waals surface area contributed by atoms with Gasteiger partial charge in [-0.1, -0.05) is 0 Å². The van der Waals surface area contributed by atoms with E-state index in [4.69, 9.17) is 14.2 Å². The Labute approximate surface area is 182 Å². The second kappa shape index (κ2) is 8.33. The summed E-state index contributed by atoms with van der Waals surface area (Å²) in [6.45, 7) is 7.65. The highest BCUT2D eigenvalue weighted by atomic mass is 19.1. The summed E-state index contributed by atoms with van der Waals surface area (Å²) in [6, 6.07) is 1.58. The number of ether oxygens (including phenoxy) is 3. The van der Waals surface area contributed by atoms with Crippen molar-refractivity contribution in [1.29, 1.82) is 0 Å². The summed E-state index contributed by atoms with van der Waals surface area (Å²) in [7, 11) is 0. The Morgan fingerprint density at radius 2 is 2.09 bits per heavy atom. The van der Waals surface area contributed by atoms with Gasteiger partial charge in [-0.3, -0.25) is 0 Å². The van der Waals surface area contributed by atoms with E-state index in [1.165, 1.54) is 17.0 Å². The van der Waals surface area contributed by atoms with E-state index in [1.807, 2.05) is 6.92 Å². The number of fused-ring (bicyclic) bond motifs is 2. The van der Waals surface area contributed by atoms with Crippen molar-refractivity contribution in [3.63, 3.8) is 0 Å². The summed E-state index contributed by atoms with van der Waals surface area (Å²) >= 11 is 0. The molecule has 1 amide bonds. The first-order valence-electron chi connectivity index (χ1n) is 9.95. The van der Waals surface area contributed by atoms with Crippen LogP contribution in [0.2, 0.25) is 0 Å². The Morgan fingerprint density at radius 3 is 2.88 bits per heavy atom. The summed E-state index contributed by atoms with van der Waals surface area (Å²) < 4.78 is 33.0. The van der Waals surface area contributed by atoms with Crippen molar-refractivity contribution in [2.75, 3.05) is 13.2 Å². The van der Waals surface area contributed by atoms with Gasteiger partial charge in [0.2, 0.25) is 5.88 Å². The number of nitrogens with zero attached hydrogens (tertiary/aromatic N) is 4. The lowest BCUT2D eigenvalue weighted by Crippen LogP contribution is -2.34. The van der Waals surface area contributed by atoms with E-state index in [0.29, 0.717) is 27.9 Å². The number of pyridine rings is 1. The molecule has 0 atom stereocenters. The van der Waals surface area contributed by atoms with Crippen LogP contribution in [0.15, 0.2) is 31.0 Å².